The molecule has 3 aromatic rings. The summed E-state index contributed by atoms with van der Waals surface area (Å²) in [5.41, 5.74) is 9.68. The minimum atomic E-state index is -1.03. The van der Waals surface area contributed by atoms with Gasteiger partial charge in [-0.05, 0) is 72.0 Å². The number of nitrogens with one attached hydrogen (secondary N) is 1. The normalized spacial score (nSPS) is 15.8. The zero-order valence-electron chi connectivity index (χ0n) is 19.2. The first-order valence-electron chi connectivity index (χ1n) is 11.1. The van der Waals surface area contributed by atoms with Crippen molar-refractivity contribution in [3.8, 4) is 11.5 Å². The van der Waals surface area contributed by atoms with Crippen LogP contribution in [0.3, 0.4) is 0 Å². The van der Waals surface area contributed by atoms with Crippen LogP contribution in [-0.2, 0) is 6.42 Å². The van der Waals surface area contributed by atoms with E-state index in [1.165, 1.54) is 0 Å². The molecule has 4 N–H and O–H groups in total. The van der Waals surface area contributed by atoms with Crippen LogP contribution in [0, 0.1) is 0 Å². The summed E-state index contributed by atoms with van der Waals surface area (Å²) in [6.07, 6.45) is 4.09. The van der Waals surface area contributed by atoms with Gasteiger partial charge >= 0.3 is 5.97 Å². The molecule has 0 aliphatic carbocycles. The molecule has 2 atom stereocenters. The van der Waals surface area contributed by atoms with Gasteiger partial charge in [0.1, 0.15) is 11.4 Å². The van der Waals surface area contributed by atoms with Crippen LogP contribution in [-0.4, -0.2) is 43.0 Å². The van der Waals surface area contributed by atoms with Crippen LogP contribution in [0.25, 0.3) is 0 Å². The Hall–Kier alpha value is -3.43. The Balaban J connectivity index is 1.64. The number of fused-ring (bicyclic) bond motifs is 1. The molecule has 3 heterocycles. The summed E-state index contributed by atoms with van der Waals surface area (Å²) in [7, 11) is 3.22. The summed E-state index contributed by atoms with van der Waals surface area (Å²) in [6.45, 7) is 0.468. The fourth-order valence-corrected chi connectivity index (χ4v) is 4.82. The summed E-state index contributed by atoms with van der Waals surface area (Å²) in [5, 5.41) is 17.1. The van der Waals surface area contributed by atoms with Gasteiger partial charge in [0, 0.05) is 18.2 Å². The molecule has 1 aliphatic heterocycles. The van der Waals surface area contributed by atoms with Crippen LogP contribution in [0.2, 0.25) is 0 Å². The summed E-state index contributed by atoms with van der Waals surface area (Å²) >= 11 is 1.59. The quantitative estimate of drug-likeness (QED) is 0.403. The van der Waals surface area contributed by atoms with E-state index in [0.717, 1.165) is 35.3 Å². The van der Waals surface area contributed by atoms with Gasteiger partial charge in [-0.15, -0.1) is 0 Å². The van der Waals surface area contributed by atoms with Gasteiger partial charge in [-0.1, -0.05) is 0 Å². The molecule has 0 amide bonds. The van der Waals surface area contributed by atoms with Crippen molar-refractivity contribution in [2.75, 3.05) is 26.1 Å². The summed E-state index contributed by atoms with van der Waals surface area (Å²) in [5.74, 6) is 0.547. The van der Waals surface area contributed by atoms with Crippen molar-refractivity contribution in [3.63, 3.8) is 0 Å². The monoisotopic (exact) mass is 480 g/mol. The third kappa shape index (κ3) is 5.05. The molecule has 0 spiro atoms. The molecule has 34 heavy (non-hydrogen) atoms. The van der Waals surface area contributed by atoms with E-state index in [0.29, 0.717) is 30.3 Å². The number of aryl methyl sites for hydroxylation is 1. The van der Waals surface area contributed by atoms with Crippen molar-refractivity contribution in [1.29, 1.82) is 0 Å². The summed E-state index contributed by atoms with van der Waals surface area (Å²) in [6, 6.07) is 9.10. The number of hydrogen-bond acceptors (Lipinski definition) is 8. The number of benzene rings is 1. The third-order valence-electron chi connectivity index (χ3n) is 5.94. The molecule has 1 aliphatic rings. The number of pyridine rings is 1. The van der Waals surface area contributed by atoms with Crippen molar-refractivity contribution in [3.05, 3.63) is 63.5 Å². The predicted octanol–water partition coefficient (Wildman–Crippen LogP) is 4.79. The Morgan fingerprint density at radius 2 is 2.06 bits per heavy atom. The van der Waals surface area contributed by atoms with Crippen molar-refractivity contribution < 1.29 is 19.4 Å². The molecule has 9 heteroatoms. The van der Waals surface area contributed by atoms with E-state index in [-0.39, 0.29) is 17.5 Å². The highest BCUT2D eigenvalue weighted by Gasteiger charge is 2.22. The Labute approximate surface area is 202 Å². The zero-order chi connectivity index (χ0) is 24.1. The fraction of sp³-hybridized carbons (Fsp3) is 0.320. The van der Waals surface area contributed by atoms with Gasteiger partial charge in [0.05, 0.1) is 31.6 Å². The lowest BCUT2D eigenvalue weighted by atomic mass is 9.97. The van der Waals surface area contributed by atoms with Crippen molar-refractivity contribution in [2.45, 2.75) is 31.2 Å². The van der Waals surface area contributed by atoms with Crippen LogP contribution < -0.4 is 20.5 Å². The van der Waals surface area contributed by atoms with E-state index in [2.05, 4.69) is 5.32 Å². The highest BCUT2D eigenvalue weighted by atomic mass is 32.1. The number of ether oxygens (including phenoxy) is 2. The third-order valence-corrected chi connectivity index (χ3v) is 6.64. The van der Waals surface area contributed by atoms with Crippen LogP contribution in [0.1, 0.15) is 52.0 Å². The topological polar surface area (TPSA) is 119 Å². The van der Waals surface area contributed by atoms with Crippen molar-refractivity contribution >= 4 is 35.0 Å². The molecule has 0 fully saturated rings. The Morgan fingerprint density at radius 1 is 1.26 bits per heavy atom. The number of aromatic carboxylic acids is 1. The number of anilines is 1. The van der Waals surface area contributed by atoms with E-state index in [9.17, 15) is 9.90 Å². The maximum atomic E-state index is 11.9. The van der Waals surface area contributed by atoms with E-state index < -0.39 is 5.97 Å². The highest BCUT2D eigenvalue weighted by Crippen LogP contribution is 2.38. The van der Waals surface area contributed by atoms with E-state index in [1.807, 2.05) is 35.2 Å². The molecule has 1 aromatic carbocycles. The van der Waals surface area contributed by atoms with Gasteiger partial charge in [-0.25, -0.2) is 9.78 Å². The minimum Gasteiger partial charge on any atom is -0.493 e. The standard InChI is InChI=1S/C25H28N4O4S/c1-32-22-11-15-3-4-16(13-27-21(15)12-23(22)33-2)19-6-5-18(25(30)31)24(28-19)29-20(7-9-26)17-8-10-34-14-17/h5-6,8,10-14,16,20H,3-4,7,9,26H2,1-2H3,(H,28,29)(H,30,31). The Morgan fingerprint density at radius 3 is 2.74 bits per heavy atom. The molecule has 4 rings (SSSR count). The largest absolute Gasteiger partial charge is 0.493 e. The number of nitrogens with zero attached hydrogens (tertiary/aromatic N) is 2. The Bertz CT molecular complexity index is 1180. The second-order valence-electron chi connectivity index (χ2n) is 8.03. The fourth-order valence-electron chi connectivity index (χ4n) is 4.10. The molecule has 2 unspecified atom stereocenters. The molecule has 178 valence electrons. The first-order valence-corrected chi connectivity index (χ1v) is 12.0. The summed E-state index contributed by atoms with van der Waals surface area (Å²) < 4.78 is 10.8. The second kappa shape index (κ2) is 10.7. The number of carboxylic acids is 1. The number of methoxy groups -OCH3 is 2. The zero-order valence-corrected chi connectivity index (χ0v) is 20.0. The van der Waals surface area contributed by atoms with Crippen LogP contribution >= 0.6 is 11.3 Å². The lowest BCUT2D eigenvalue weighted by Gasteiger charge is -2.20. The number of thiophene rings is 1. The van der Waals surface area contributed by atoms with Crippen LogP contribution in [0.5, 0.6) is 11.5 Å². The number of rotatable bonds is 9. The summed E-state index contributed by atoms with van der Waals surface area (Å²) in [4.78, 5) is 21.4. The number of aromatic nitrogens is 1. The molecule has 2 aromatic heterocycles. The first-order chi connectivity index (χ1) is 16.5. The maximum Gasteiger partial charge on any atom is 0.339 e. The number of hydrogen-bond donors (Lipinski definition) is 3. The van der Waals surface area contributed by atoms with E-state index >= 15 is 0 Å². The van der Waals surface area contributed by atoms with Gasteiger partial charge in [-0.3, -0.25) is 4.99 Å². The number of carbonyl (C=O) groups is 1. The average molecular weight is 481 g/mol. The van der Waals surface area contributed by atoms with E-state index in [4.69, 9.17) is 25.2 Å². The second-order valence-corrected chi connectivity index (χ2v) is 8.81. The number of carboxylic acid groups (broad SMARTS) is 1. The molecule has 0 radical (unpaired) electrons. The predicted molar refractivity (Wildman–Crippen MR) is 134 cm³/mol. The van der Waals surface area contributed by atoms with Gasteiger partial charge in [-0.2, -0.15) is 11.3 Å². The molecule has 0 bridgehead atoms. The highest BCUT2D eigenvalue weighted by molar-refractivity contribution is 7.08. The van der Waals surface area contributed by atoms with Crippen molar-refractivity contribution in [1.82, 2.24) is 4.98 Å². The van der Waals surface area contributed by atoms with Gasteiger partial charge < -0.3 is 25.6 Å². The van der Waals surface area contributed by atoms with Crippen LogP contribution in [0.15, 0.2) is 46.1 Å². The van der Waals surface area contributed by atoms with E-state index in [1.54, 1.807) is 37.7 Å². The maximum absolute atomic E-state index is 11.9. The van der Waals surface area contributed by atoms with Gasteiger partial charge in [0.25, 0.3) is 0 Å². The minimum absolute atomic E-state index is 0.0677. The smallest absolute Gasteiger partial charge is 0.339 e. The molecule has 8 nitrogen and oxygen atoms in total. The molecular formula is C25H28N4O4S. The lowest BCUT2D eigenvalue weighted by molar-refractivity contribution is 0.0697. The SMILES string of the molecule is COc1cc2c(cc1OC)N=CC(c1ccc(C(=O)O)c(NC(CCN)c3ccsc3)n1)CC2. The number of nitrogens with two attached hydrogens (primary N) is 1. The van der Waals surface area contributed by atoms with Gasteiger partial charge in [0.2, 0.25) is 0 Å². The molecular weight excluding hydrogens is 452 g/mol. The molecule has 0 saturated carbocycles. The van der Waals surface area contributed by atoms with Crippen LogP contribution in [0.4, 0.5) is 11.5 Å². The number of aliphatic imine (C=N–C) groups is 1. The first kappa shape index (κ1) is 23.7. The Kier molecular flexibility index (Phi) is 7.44. The molecule has 0 saturated heterocycles. The average Bonchev–Trinajstić information content (AvgIpc) is 3.30. The lowest BCUT2D eigenvalue weighted by Crippen LogP contribution is -2.18. The van der Waals surface area contributed by atoms with Gasteiger partial charge in [0.15, 0.2) is 11.5 Å². The van der Waals surface area contributed by atoms with Crippen molar-refractivity contribution in [2.24, 2.45) is 10.7 Å².